The van der Waals surface area contributed by atoms with Crippen LogP contribution in [0.3, 0.4) is 0 Å². The molecule has 3 nitrogen and oxygen atoms in total. The van der Waals surface area contributed by atoms with E-state index in [0.29, 0.717) is 11.6 Å². The standard InChI is InChI=1S/C14H17FN2OS/c1-3-11(13-14(16)17-6-7-19-13)18-12-5-4-9(2)8-10(12)15/h3-5,8,17H,6-7,16H2,1-2H3/b11-3+. The Labute approximate surface area is 116 Å². The molecular formula is C14H17FN2OS. The van der Waals surface area contributed by atoms with Crippen LogP contribution in [0.1, 0.15) is 12.5 Å². The largest absolute Gasteiger partial charge is 0.453 e. The lowest BCUT2D eigenvalue weighted by Gasteiger charge is -2.21. The molecule has 5 heteroatoms. The zero-order chi connectivity index (χ0) is 13.8. The van der Waals surface area contributed by atoms with Gasteiger partial charge in [-0.15, -0.1) is 11.8 Å². The molecule has 0 atom stereocenters. The van der Waals surface area contributed by atoms with Gasteiger partial charge in [0, 0.05) is 12.3 Å². The Balaban J connectivity index is 2.25. The van der Waals surface area contributed by atoms with E-state index >= 15 is 0 Å². The predicted octanol–water partition coefficient (Wildman–Crippen LogP) is 2.88. The molecule has 0 unspecified atom stereocenters. The van der Waals surface area contributed by atoms with Gasteiger partial charge in [0.2, 0.25) is 0 Å². The van der Waals surface area contributed by atoms with Crippen LogP contribution in [0.15, 0.2) is 40.8 Å². The number of nitrogens with two attached hydrogens (primary N) is 1. The van der Waals surface area contributed by atoms with Gasteiger partial charge in [-0.2, -0.15) is 0 Å². The third-order valence-electron chi connectivity index (χ3n) is 2.70. The first-order chi connectivity index (χ1) is 9.11. The van der Waals surface area contributed by atoms with Gasteiger partial charge in [-0.25, -0.2) is 4.39 Å². The van der Waals surface area contributed by atoms with Gasteiger partial charge in [-0.3, -0.25) is 0 Å². The van der Waals surface area contributed by atoms with Crippen molar-refractivity contribution in [2.45, 2.75) is 13.8 Å². The van der Waals surface area contributed by atoms with E-state index in [9.17, 15) is 4.39 Å². The quantitative estimate of drug-likeness (QED) is 0.836. The topological polar surface area (TPSA) is 47.3 Å². The van der Waals surface area contributed by atoms with Gasteiger partial charge < -0.3 is 15.8 Å². The van der Waals surface area contributed by atoms with Crippen LogP contribution in [0.5, 0.6) is 5.75 Å². The maximum Gasteiger partial charge on any atom is 0.165 e. The van der Waals surface area contributed by atoms with Crippen LogP contribution in [0, 0.1) is 12.7 Å². The number of hydrogen-bond donors (Lipinski definition) is 2. The average molecular weight is 280 g/mol. The minimum atomic E-state index is -0.368. The van der Waals surface area contributed by atoms with Crippen LogP contribution in [0.4, 0.5) is 4.39 Å². The first-order valence-corrected chi connectivity index (χ1v) is 7.07. The third-order valence-corrected chi connectivity index (χ3v) is 3.82. The minimum Gasteiger partial charge on any atom is -0.453 e. The van der Waals surface area contributed by atoms with Gasteiger partial charge in [0.05, 0.1) is 4.91 Å². The van der Waals surface area contributed by atoms with Gasteiger partial charge in [0.15, 0.2) is 11.6 Å². The molecule has 0 fully saturated rings. The van der Waals surface area contributed by atoms with E-state index in [4.69, 9.17) is 10.5 Å². The molecule has 1 aromatic rings. The Kier molecular flexibility index (Phi) is 4.37. The number of halogens is 1. The molecule has 3 N–H and O–H groups in total. The summed E-state index contributed by atoms with van der Waals surface area (Å²) in [7, 11) is 0. The van der Waals surface area contributed by atoms with E-state index in [-0.39, 0.29) is 11.6 Å². The Morgan fingerprint density at radius 1 is 1.53 bits per heavy atom. The Hall–Kier alpha value is -1.62. The van der Waals surface area contributed by atoms with Crippen molar-refractivity contribution in [3.63, 3.8) is 0 Å². The molecule has 1 aliphatic rings. The fraction of sp³-hybridized carbons (Fsp3) is 0.286. The minimum absolute atomic E-state index is 0.213. The third kappa shape index (κ3) is 3.23. The van der Waals surface area contributed by atoms with Crippen LogP contribution in [-0.4, -0.2) is 12.3 Å². The van der Waals surface area contributed by atoms with Gasteiger partial charge in [-0.1, -0.05) is 6.07 Å². The fourth-order valence-electron chi connectivity index (χ4n) is 1.74. The number of hydrogen-bond acceptors (Lipinski definition) is 4. The summed E-state index contributed by atoms with van der Waals surface area (Å²) >= 11 is 1.61. The van der Waals surface area contributed by atoms with E-state index in [1.165, 1.54) is 6.07 Å². The second-order valence-corrected chi connectivity index (χ2v) is 5.31. The number of thioether (sulfide) groups is 1. The Morgan fingerprint density at radius 3 is 2.95 bits per heavy atom. The highest BCUT2D eigenvalue weighted by Gasteiger charge is 2.17. The number of aryl methyl sites for hydroxylation is 1. The molecule has 0 aliphatic carbocycles. The summed E-state index contributed by atoms with van der Waals surface area (Å²) in [6.07, 6.45) is 1.79. The molecule has 0 radical (unpaired) electrons. The number of rotatable bonds is 3. The van der Waals surface area contributed by atoms with Gasteiger partial charge in [-0.05, 0) is 37.6 Å². The molecule has 102 valence electrons. The van der Waals surface area contributed by atoms with Crippen molar-refractivity contribution >= 4 is 11.8 Å². The van der Waals surface area contributed by atoms with Crippen LogP contribution in [-0.2, 0) is 0 Å². The van der Waals surface area contributed by atoms with Crippen LogP contribution >= 0.6 is 11.8 Å². The maximum atomic E-state index is 13.8. The highest BCUT2D eigenvalue weighted by atomic mass is 32.2. The zero-order valence-electron chi connectivity index (χ0n) is 11.0. The van der Waals surface area contributed by atoms with Crippen molar-refractivity contribution in [2.24, 2.45) is 5.73 Å². The first kappa shape index (κ1) is 13.8. The molecule has 0 saturated heterocycles. The van der Waals surface area contributed by atoms with Crippen molar-refractivity contribution in [1.29, 1.82) is 0 Å². The average Bonchev–Trinajstić information content (AvgIpc) is 2.39. The summed E-state index contributed by atoms with van der Waals surface area (Å²) < 4.78 is 19.4. The second-order valence-electron chi connectivity index (χ2n) is 4.21. The van der Waals surface area contributed by atoms with Crippen molar-refractivity contribution < 1.29 is 9.13 Å². The van der Waals surface area contributed by atoms with Crippen molar-refractivity contribution in [3.8, 4) is 5.75 Å². The van der Waals surface area contributed by atoms with Crippen molar-refractivity contribution in [3.05, 3.63) is 52.1 Å². The highest BCUT2D eigenvalue weighted by Crippen LogP contribution is 2.30. The van der Waals surface area contributed by atoms with Gasteiger partial charge >= 0.3 is 0 Å². The summed E-state index contributed by atoms with van der Waals surface area (Å²) in [6, 6.07) is 4.90. The normalized spacial score (nSPS) is 16.3. The van der Waals surface area contributed by atoms with E-state index in [0.717, 1.165) is 22.8 Å². The SMILES string of the molecule is C/C=C(/Oc1ccc(C)cc1F)C1=C(N)NCCS1. The molecule has 0 bridgehead atoms. The lowest BCUT2D eigenvalue weighted by atomic mass is 10.2. The summed E-state index contributed by atoms with van der Waals surface area (Å²) in [6.45, 7) is 4.51. The van der Waals surface area contributed by atoms with Crippen LogP contribution in [0.2, 0.25) is 0 Å². The summed E-state index contributed by atoms with van der Waals surface area (Å²) in [4.78, 5) is 0.828. The molecule has 0 aromatic heterocycles. The first-order valence-electron chi connectivity index (χ1n) is 6.09. The lowest BCUT2D eigenvalue weighted by molar-refractivity contribution is 0.407. The molecule has 19 heavy (non-hydrogen) atoms. The number of nitrogens with one attached hydrogen (secondary N) is 1. The van der Waals surface area contributed by atoms with Crippen molar-refractivity contribution in [2.75, 3.05) is 12.3 Å². The molecule has 0 saturated carbocycles. The highest BCUT2D eigenvalue weighted by molar-refractivity contribution is 8.03. The van der Waals surface area contributed by atoms with Crippen LogP contribution < -0.4 is 15.8 Å². The monoisotopic (exact) mass is 280 g/mol. The van der Waals surface area contributed by atoms with E-state index in [2.05, 4.69) is 5.32 Å². The number of allylic oxidation sites excluding steroid dienone is 1. The zero-order valence-corrected chi connectivity index (χ0v) is 11.8. The fourth-order valence-corrected chi connectivity index (χ4v) is 2.68. The van der Waals surface area contributed by atoms with Gasteiger partial charge in [0.25, 0.3) is 0 Å². The number of benzene rings is 1. The van der Waals surface area contributed by atoms with Crippen LogP contribution in [0.25, 0.3) is 0 Å². The summed E-state index contributed by atoms with van der Waals surface area (Å²) in [5, 5.41) is 3.08. The van der Waals surface area contributed by atoms with E-state index in [1.807, 2.05) is 19.9 Å². The summed E-state index contributed by atoms with van der Waals surface area (Å²) in [5.41, 5.74) is 6.76. The Morgan fingerprint density at radius 2 is 2.32 bits per heavy atom. The molecule has 0 amide bonds. The smallest absolute Gasteiger partial charge is 0.165 e. The maximum absolute atomic E-state index is 13.8. The second kappa shape index (κ2) is 6.02. The molecule has 1 aliphatic heterocycles. The lowest BCUT2D eigenvalue weighted by Crippen LogP contribution is -2.28. The molecular weight excluding hydrogens is 263 g/mol. The molecule has 1 heterocycles. The van der Waals surface area contributed by atoms with Crippen molar-refractivity contribution in [1.82, 2.24) is 5.32 Å². The van der Waals surface area contributed by atoms with E-state index in [1.54, 1.807) is 23.9 Å². The predicted molar refractivity (Wildman–Crippen MR) is 77.2 cm³/mol. The summed E-state index contributed by atoms with van der Waals surface area (Å²) in [5.74, 6) is 1.92. The molecule has 2 rings (SSSR count). The Bertz CT molecular complexity index is 540. The van der Waals surface area contributed by atoms with E-state index < -0.39 is 0 Å². The number of ether oxygens (including phenoxy) is 1. The molecule has 0 spiro atoms. The van der Waals surface area contributed by atoms with Gasteiger partial charge in [0.1, 0.15) is 11.6 Å². The molecule has 1 aromatic carbocycles.